The van der Waals surface area contributed by atoms with Gasteiger partial charge in [-0.05, 0) is 41.1 Å². The van der Waals surface area contributed by atoms with Gasteiger partial charge in [0.15, 0.2) is 0 Å². The molecule has 0 saturated carbocycles. The van der Waals surface area contributed by atoms with Crippen LogP contribution in [0.25, 0.3) is 0 Å². The zero-order valence-corrected chi connectivity index (χ0v) is 12.2. The SMILES string of the molecule is CC(CS(C)=O)Nc1ccc(C(F)(F)F)cc1Br. The van der Waals surface area contributed by atoms with Crippen LogP contribution in [0.1, 0.15) is 12.5 Å². The molecule has 0 saturated heterocycles. The van der Waals surface area contributed by atoms with Crippen LogP contribution in [0.2, 0.25) is 0 Å². The largest absolute Gasteiger partial charge is 0.416 e. The van der Waals surface area contributed by atoms with E-state index in [-0.39, 0.29) is 6.04 Å². The number of hydrogen-bond acceptors (Lipinski definition) is 2. The van der Waals surface area contributed by atoms with Crippen molar-refractivity contribution in [3.63, 3.8) is 0 Å². The van der Waals surface area contributed by atoms with Crippen molar-refractivity contribution in [3.8, 4) is 0 Å². The summed E-state index contributed by atoms with van der Waals surface area (Å²) in [5.41, 5.74) is -0.146. The van der Waals surface area contributed by atoms with Crippen molar-refractivity contribution in [1.82, 2.24) is 0 Å². The quantitative estimate of drug-likeness (QED) is 0.904. The maximum absolute atomic E-state index is 12.5. The molecule has 0 aliphatic rings. The summed E-state index contributed by atoms with van der Waals surface area (Å²) >= 11 is 3.10. The molecule has 102 valence electrons. The molecular weight excluding hydrogens is 331 g/mol. The van der Waals surface area contributed by atoms with Crippen LogP contribution in [0.15, 0.2) is 22.7 Å². The van der Waals surface area contributed by atoms with E-state index in [1.807, 2.05) is 6.92 Å². The number of halogens is 4. The van der Waals surface area contributed by atoms with Gasteiger partial charge in [-0.3, -0.25) is 4.21 Å². The molecule has 2 unspecified atom stereocenters. The van der Waals surface area contributed by atoms with Crippen molar-refractivity contribution in [3.05, 3.63) is 28.2 Å². The van der Waals surface area contributed by atoms with Crippen molar-refractivity contribution >= 4 is 32.4 Å². The highest BCUT2D eigenvalue weighted by molar-refractivity contribution is 9.10. The number of alkyl halides is 3. The molecule has 0 amide bonds. The van der Waals surface area contributed by atoms with Crippen LogP contribution in [0.3, 0.4) is 0 Å². The average Bonchev–Trinajstić information content (AvgIpc) is 2.18. The van der Waals surface area contributed by atoms with E-state index < -0.39 is 22.5 Å². The summed E-state index contributed by atoms with van der Waals surface area (Å²) in [6.45, 7) is 1.82. The van der Waals surface area contributed by atoms with E-state index in [4.69, 9.17) is 0 Å². The van der Waals surface area contributed by atoms with Crippen molar-refractivity contribution in [2.45, 2.75) is 19.1 Å². The Balaban J connectivity index is 2.83. The van der Waals surface area contributed by atoms with Crippen molar-refractivity contribution in [2.75, 3.05) is 17.3 Å². The van der Waals surface area contributed by atoms with Crippen LogP contribution in [0.5, 0.6) is 0 Å². The summed E-state index contributed by atoms with van der Waals surface area (Å²) in [6.07, 6.45) is -2.77. The Morgan fingerprint density at radius 3 is 2.50 bits per heavy atom. The van der Waals surface area contributed by atoms with Crippen LogP contribution in [0, 0.1) is 0 Å². The molecule has 0 spiro atoms. The molecule has 1 rings (SSSR count). The van der Waals surface area contributed by atoms with Crippen LogP contribution in [-0.4, -0.2) is 22.3 Å². The molecule has 18 heavy (non-hydrogen) atoms. The summed E-state index contributed by atoms with van der Waals surface area (Å²) in [7, 11) is -0.952. The van der Waals surface area contributed by atoms with Crippen LogP contribution in [-0.2, 0) is 17.0 Å². The van der Waals surface area contributed by atoms with E-state index in [9.17, 15) is 17.4 Å². The fourth-order valence-corrected chi connectivity index (χ4v) is 2.75. The maximum Gasteiger partial charge on any atom is 0.416 e. The summed E-state index contributed by atoms with van der Waals surface area (Å²) in [5.74, 6) is 0.438. The zero-order chi connectivity index (χ0) is 13.9. The summed E-state index contributed by atoms with van der Waals surface area (Å²) in [4.78, 5) is 0. The Labute approximate surface area is 115 Å². The Hall–Kier alpha value is -0.560. The Kier molecular flexibility index (Phi) is 5.21. The second-order valence-electron chi connectivity index (χ2n) is 3.98. The zero-order valence-electron chi connectivity index (χ0n) is 9.84. The molecular formula is C11H13BrF3NOS. The van der Waals surface area contributed by atoms with Gasteiger partial charge in [0.1, 0.15) is 0 Å². The standard InChI is InChI=1S/C11H13BrF3NOS/c1-7(6-18(2)17)16-10-4-3-8(5-9(10)12)11(13,14)15/h3-5,7,16H,6H2,1-2H3. The van der Waals surface area contributed by atoms with Crippen molar-refractivity contribution in [2.24, 2.45) is 0 Å². The third-order valence-corrected chi connectivity index (χ3v) is 3.81. The van der Waals surface area contributed by atoms with Crippen LogP contribution in [0.4, 0.5) is 18.9 Å². The number of benzene rings is 1. The minimum absolute atomic E-state index is 0.0797. The second-order valence-corrected chi connectivity index (χ2v) is 6.31. The number of rotatable bonds is 4. The summed E-state index contributed by atoms with van der Waals surface area (Å²) < 4.78 is 48.7. The molecule has 0 aliphatic carbocycles. The van der Waals surface area contributed by atoms with Crippen LogP contribution >= 0.6 is 15.9 Å². The first-order chi connectivity index (χ1) is 8.20. The van der Waals surface area contributed by atoms with Crippen molar-refractivity contribution in [1.29, 1.82) is 0 Å². The Morgan fingerprint density at radius 2 is 2.06 bits per heavy atom. The minimum Gasteiger partial charge on any atom is -0.381 e. The van der Waals surface area contributed by atoms with E-state index >= 15 is 0 Å². The predicted molar refractivity (Wildman–Crippen MR) is 71.2 cm³/mol. The van der Waals surface area contributed by atoms with Gasteiger partial charge in [-0.1, -0.05) is 0 Å². The van der Waals surface area contributed by atoms with Crippen LogP contribution < -0.4 is 5.32 Å². The highest BCUT2D eigenvalue weighted by atomic mass is 79.9. The molecule has 7 heteroatoms. The molecule has 0 aliphatic heterocycles. The number of anilines is 1. The highest BCUT2D eigenvalue weighted by Crippen LogP contribution is 2.34. The molecule has 1 N–H and O–H groups in total. The Morgan fingerprint density at radius 1 is 1.44 bits per heavy atom. The highest BCUT2D eigenvalue weighted by Gasteiger charge is 2.30. The molecule has 0 fully saturated rings. The summed E-state index contributed by atoms with van der Waals surface area (Å²) in [6, 6.07) is 3.33. The van der Waals surface area contributed by atoms with E-state index in [2.05, 4.69) is 21.2 Å². The molecule has 0 heterocycles. The first-order valence-electron chi connectivity index (χ1n) is 5.13. The van der Waals surface area contributed by atoms with Gasteiger partial charge in [0, 0.05) is 39.0 Å². The molecule has 2 nitrogen and oxygen atoms in total. The van der Waals surface area contributed by atoms with Gasteiger partial charge in [0.2, 0.25) is 0 Å². The monoisotopic (exact) mass is 343 g/mol. The maximum atomic E-state index is 12.5. The van der Waals surface area contributed by atoms with Gasteiger partial charge in [0.25, 0.3) is 0 Å². The second kappa shape index (κ2) is 6.06. The lowest BCUT2D eigenvalue weighted by Gasteiger charge is -2.16. The lowest BCUT2D eigenvalue weighted by atomic mass is 10.2. The topological polar surface area (TPSA) is 29.1 Å². The van der Waals surface area contributed by atoms with Gasteiger partial charge in [-0.25, -0.2) is 0 Å². The molecule has 0 aromatic heterocycles. The van der Waals surface area contributed by atoms with Crippen molar-refractivity contribution < 1.29 is 17.4 Å². The molecule has 1 aromatic carbocycles. The molecule has 0 radical (unpaired) electrons. The van der Waals surface area contributed by atoms with Gasteiger partial charge in [-0.2, -0.15) is 13.2 Å². The molecule has 1 aromatic rings. The third kappa shape index (κ3) is 4.61. The van der Waals surface area contributed by atoms with E-state index in [1.165, 1.54) is 6.07 Å². The number of hydrogen-bond donors (Lipinski definition) is 1. The van der Waals surface area contributed by atoms with E-state index in [0.717, 1.165) is 12.1 Å². The molecule has 0 bridgehead atoms. The first kappa shape index (κ1) is 15.5. The predicted octanol–water partition coefficient (Wildman–Crippen LogP) is 3.65. The normalized spacial score (nSPS) is 15.2. The smallest absolute Gasteiger partial charge is 0.381 e. The van der Waals surface area contributed by atoms with Gasteiger partial charge < -0.3 is 5.32 Å². The lowest BCUT2D eigenvalue weighted by molar-refractivity contribution is -0.137. The third-order valence-electron chi connectivity index (χ3n) is 2.18. The molecule has 2 atom stereocenters. The van der Waals surface area contributed by atoms with E-state index in [0.29, 0.717) is 15.9 Å². The number of nitrogens with one attached hydrogen (secondary N) is 1. The van der Waals surface area contributed by atoms with Gasteiger partial charge in [-0.15, -0.1) is 0 Å². The minimum atomic E-state index is -4.35. The first-order valence-corrected chi connectivity index (χ1v) is 7.65. The Bertz CT molecular complexity index is 450. The van der Waals surface area contributed by atoms with Gasteiger partial charge >= 0.3 is 6.18 Å². The average molecular weight is 344 g/mol. The fraction of sp³-hybridized carbons (Fsp3) is 0.455. The summed E-state index contributed by atoms with van der Waals surface area (Å²) in [5, 5.41) is 3.01. The lowest BCUT2D eigenvalue weighted by Crippen LogP contribution is -2.22. The fourth-order valence-electron chi connectivity index (χ4n) is 1.47. The van der Waals surface area contributed by atoms with Gasteiger partial charge in [0.05, 0.1) is 5.56 Å². The van der Waals surface area contributed by atoms with E-state index in [1.54, 1.807) is 6.26 Å².